The topological polar surface area (TPSA) is 23.8 Å². The lowest BCUT2D eigenvalue weighted by molar-refractivity contribution is 0.654. The van der Waals surface area contributed by atoms with Crippen LogP contribution in [0.15, 0.2) is 0 Å². The molecule has 44 valence electrons. The maximum absolute atomic E-state index is 8.44. The fourth-order valence-corrected chi connectivity index (χ4v) is 1.17. The van der Waals surface area contributed by atoms with Gasteiger partial charge < -0.3 is 0 Å². The van der Waals surface area contributed by atoms with Crippen molar-refractivity contribution in [1.82, 2.24) is 0 Å². The van der Waals surface area contributed by atoms with Crippen molar-refractivity contribution in [2.75, 3.05) is 5.75 Å². The van der Waals surface area contributed by atoms with Crippen LogP contribution >= 0.6 is 12.6 Å². The fourth-order valence-electron chi connectivity index (χ4n) is 0.794. The van der Waals surface area contributed by atoms with Gasteiger partial charge in [-0.2, -0.15) is 17.9 Å². The minimum absolute atomic E-state index is 0.235. The smallest absolute Gasteiger partial charge is 0.0667 e. The molecule has 0 radical (unpaired) electrons. The molecular formula is C6H9NS. The lowest BCUT2D eigenvalue weighted by Crippen LogP contribution is -1.99. The molecule has 1 saturated carbocycles. The largest absolute Gasteiger partial charge is 0.198 e. The predicted molar refractivity (Wildman–Crippen MR) is 35.7 cm³/mol. The number of hydrogen-bond acceptors (Lipinski definition) is 2. The summed E-state index contributed by atoms with van der Waals surface area (Å²) in [5.74, 6) is 1.66. The number of nitrogens with zero attached hydrogens (tertiary/aromatic N) is 1. The molecule has 0 aromatic carbocycles. The van der Waals surface area contributed by atoms with Crippen LogP contribution in [0.4, 0.5) is 0 Å². The molecule has 1 aliphatic rings. The van der Waals surface area contributed by atoms with E-state index in [0.717, 1.165) is 5.75 Å². The zero-order valence-corrected chi connectivity index (χ0v) is 5.56. The monoisotopic (exact) mass is 127 g/mol. The van der Waals surface area contributed by atoms with Crippen molar-refractivity contribution in [2.45, 2.75) is 12.8 Å². The highest BCUT2D eigenvalue weighted by Crippen LogP contribution is 2.36. The molecule has 1 fully saturated rings. The Morgan fingerprint density at radius 2 is 2.38 bits per heavy atom. The van der Waals surface area contributed by atoms with E-state index in [2.05, 4.69) is 18.7 Å². The Labute approximate surface area is 55.1 Å². The summed E-state index contributed by atoms with van der Waals surface area (Å²) in [6.45, 7) is 0. The summed E-state index contributed by atoms with van der Waals surface area (Å²) in [7, 11) is 0. The third-order valence-corrected chi connectivity index (χ3v) is 1.95. The van der Waals surface area contributed by atoms with E-state index in [4.69, 9.17) is 5.26 Å². The van der Waals surface area contributed by atoms with Crippen molar-refractivity contribution in [3.05, 3.63) is 0 Å². The summed E-state index contributed by atoms with van der Waals surface area (Å²) in [6, 6.07) is 2.24. The van der Waals surface area contributed by atoms with Gasteiger partial charge in [0.05, 0.1) is 12.0 Å². The highest BCUT2D eigenvalue weighted by molar-refractivity contribution is 7.80. The van der Waals surface area contributed by atoms with Crippen LogP contribution in [0.2, 0.25) is 0 Å². The second-order valence-corrected chi connectivity index (χ2v) is 2.62. The average molecular weight is 127 g/mol. The minimum Gasteiger partial charge on any atom is -0.198 e. The average Bonchev–Trinajstić information content (AvgIpc) is 2.53. The zero-order chi connectivity index (χ0) is 5.98. The van der Waals surface area contributed by atoms with E-state index in [9.17, 15) is 0 Å². The molecule has 1 atom stereocenters. The predicted octanol–water partition coefficient (Wildman–Crippen LogP) is 1.47. The second kappa shape index (κ2) is 2.41. The molecule has 0 N–H and O–H groups in total. The second-order valence-electron chi connectivity index (χ2n) is 2.26. The third kappa shape index (κ3) is 1.16. The lowest BCUT2D eigenvalue weighted by atomic mass is 10.1. The van der Waals surface area contributed by atoms with Gasteiger partial charge in [0.1, 0.15) is 0 Å². The number of hydrogen-bond donors (Lipinski definition) is 1. The van der Waals surface area contributed by atoms with Crippen LogP contribution in [0, 0.1) is 23.2 Å². The maximum Gasteiger partial charge on any atom is 0.0667 e. The van der Waals surface area contributed by atoms with Crippen LogP contribution in [0.3, 0.4) is 0 Å². The van der Waals surface area contributed by atoms with Crippen molar-refractivity contribution >= 4 is 12.6 Å². The molecule has 0 heterocycles. The standard InChI is InChI=1S/C6H9NS/c7-3-6(4-8)5-1-2-5/h5-6,8H,1-2,4H2. The van der Waals surface area contributed by atoms with Gasteiger partial charge in [-0.05, 0) is 18.8 Å². The molecule has 0 spiro atoms. The summed E-state index contributed by atoms with van der Waals surface area (Å²) in [5.41, 5.74) is 0. The highest BCUT2D eigenvalue weighted by atomic mass is 32.1. The van der Waals surface area contributed by atoms with E-state index in [0.29, 0.717) is 5.92 Å². The van der Waals surface area contributed by atoms with E-state index in [1.807, 2.05) is 0 Å². The first-order valence-corrected chi connectivity index (χ1v) is 3.52. The van der Waals surface area contributed by atoms with Gasteiger partial charge >= 0.3 is 0 Å². The summed E-state index contributed by atoms with van der Waals surface area (Å²) < 4.78 is 0. The Bertz CT molecular complexity index is 112. The van der Waals surface area contributed by atoms with Crippen LogP contribution in [0.1, 0.15) is 12.8 Å². The first kappa shape index (κ1) is 5.97. The summed E-state index contributed by atoms with van der Waals surface area (Å²) in [5, 5.41) is 8.44. The Hall–Kier alpha value is -0.160. The Balaban J connectivity index is 2.29. The summed E-state index contributed by atoms with van der Waals surface area (Å²) in [6.07, 6.45) is 2.50. The van der Waals surface area contributed by atoms with Crippen molar-refractivity contribution in [3.63, 3.8) is 0 Å². The van der Waals surface area contributed by atoms with Gasteiger partial charge in [0.2, 0.25) is 0 Å². The molecule has 0 aromatic rings. The molecule has 1 aliphatic carbocycles. The van der Waals surface area contributed by atoms with Crippen LogP contribution in [-0.4, -0.2) is 5.75 Å². The zero-order valence-electron chi connectivity index (χ0n) is 4.67. The lowest BCUT2D eigenvalue weighted by Gasteiger charge is -1.97. The highest BCUT2D eigenvalue weighted by Gasteiger charge is 2.29. The molecule has 0 saturated heterocycles. The molecule has 0 aromatic heterocycles. The maximum atomic E-state index is 8.44. The molecular weight excluding hydrogens is 118 g/mol. The van der Waals surface area contributed by atoms with Gasteiger partial charge in [0.15, 0.2) is 0 Å². The van der Waals surface area contributed by atoms with E-state index in [-0.39, 0.29) is 5.92 Å². The Morgan fingerprint density at radius 1 is 1.75 bits per heavy atom. The quantitative estimate of drug-likeness (QED) is 0.558. The number of thiol groups is 1. The summed E-state index contributed by atoms with van der Waals surface area (Å²) >= 11 is 4.05. The van der Waals surface area contributed by atoms with Crippen LogP contribution in [0.5, 0.6) is 0 Å². The third-order valence-electron chi connectivity index (χ3n) is 1.55. The molecule has 0 aliphatic heterocycles. The van der Waals surface area contributed by atoms with Gasteiger partial charge in [0, 0.05) is 5.75 Å². The van der Waals surface area contributed by atoms with Crippen LogP contribution < -0.4 is 0 Å². The van der Waals surface area contributed by atoms with E-state index in [1.165, 1.54) is 12.8 Å². The van der Waals surface area contributed by atoms with Gasteiger partial charge in [-0.25, -0.2) is 0 Å². The normalized spacial score (nSPS) is 22.0. The van der Waals surface area contributed by atoms with Crippen molar-refractivity contribution < 1.29 is 0 Å². The number of rotatable bonds is 2. The Kier molecular flexibility index (Phi) is 1.80. The molecule has 8 heavy (non-hydrogen) atoms. The van der Waals surface area contributed by atoms with Crippen molar-refractivity contribution in [1.29, 1.82) is 5.26 Å². The van der Waals surface area contributed by atoms with Crippen LogP contribution in [0.25, 0.3) is 0 Å². The van der Waals surface area contributed by atoms with Crippen molar-refractivity contribution in [3.8, 4) is 6.07 Å². The number of nitriles is 1. The minimum atomic E-state index is 0.235. The van der Waals surface area contributed by atoms with Gasteiger partial charge in [-0.1, -0.05) is 0 Å². The molecule has 0 amide bonds. The fraction of sp³-hybridized carbons (Fsp3) is 0.833. The van der Waals surface area contributed by atoms with Gasteiger partial charge in [0.25, 0.3) is 0 Å². The van der Waals surface area contributed by atoms with E-state index in [1.54, 1.807) is 0 Å². The SMILES string of the molecule is N#CC(CS)C1CC1. The summed E-state index contributed by atoms with van der Waals surface area (Å²) in [4.78, 5) is 0. The molecule has 1 nitrogen and oxygen atoms in total. The first-order chi connectivity index (χ1) is 3.88. The van der Waals surface area contributed by atoms with E-state index >= 15 is 0 Å². The van der Waals surface area contributed by atoms with Crippen molar-refractivity contribution in [2.24, 2.45) is 11.8 Å². The van der Waals surface area contributed by atoms with Crippen LogP contribution in [-0.2, 0) is 0 Å². The molecule has 2 heteroatoms. The molecule has 0 bridgehead atoms. The first-order valence-electron chi connectivity index (χ1n) is 2.89. The van der Waals surface area contributed by atoms with Gasteiger partial charge in [-0.15, -0.1) is 0 Å². The molecule has 1 unspecified atom stereocenters. The van der Waals surface area contributed by atoms with Gasteiger partial charge in [-0.3, -0.25) is 0 Å². The van der Waals surface area contributed by atoms with E-state index < -0.39 is 0 Å². The molecule has 1 rings (SSSR count). The Morgan fingerprint density at radius 3 is 2.50 bits per heavy atom.